The molecule has 46 valence electrons. The molecule has 0 saturated heterocycles. The maximum absolute atomic E-state index is 2.30. The predicted molar refractivity (Wildman–Crippen MR) is 36.8 cm³/mol. The van der Waals surface area contributed by atoms with Gasteiger partial charge in [0.25, 0.3) is 0 Å². The first-order valence-electron chi connectivity index (χ1n) is 3.21. The number of hydrogen-bond acceptors (Lipinski definition) is 0. The maximum Gasteiger partial charge on any atom is -0.0104 e. The molecule has 0 atom stereocenters. The molecular formula is C8H14. The molecule has 1 aliphatic rings. The van der Waals surface area contributed by atoms with Crippen LogP contribution in [-0.2, 0) is 0 Å². The molecule has 0 aliphatic heterocycles. The lowest BCUT2D eigenvalue weighted by Crippen LogP contribution is -1.80. The second-order valence-electron chi connectivity index (χ2n) is 3.54. The van der Waals surface area contributed by atoms with E-state index in [1.165, 1.54) is 12.0 Å². The average Bonchev–Trinajstić information content (AvgIpc) is 2.13. The van der Waals surface area contributed by atoms with Gasteiger partial charge >= 0.3 is 0 Å². The fourth-order valence-electron chi connectivity index (χ4n) is 1.25. The van der Waals surface area contributed by atoms with Crippen molar-refractivity contribution in [3.05, 3.63) is 11.1 Å². The van der Waals surface area contributed by atoms with Crippen molar-refractivity contribution < 1.29 is 0 Å². The Morgan fingerprint density at radius 1 is 1.38 bits per heavy atom. The molecule has 0 aromatic carbocycles. The van der Waals surface area contributed by atoms with Crippen molar-refractivity contribution in [1.82, 2.24) is 0 Å². The highest BCUT2D eigenvalue weighted by atomic mass is 14.4. The van der Waals surface area contributed by atoms with E-state index < -0.39 is 0 Å². The van der Waals surface area contributed by atoms with Gasteiger partial charge in [-0.25, -0.2) is 0 Å². The monoisotopic (exact) mass is 110 g/mol. The van der Waals surface area contributed by atoms with Crippen molar-refractivity contribution in [3.8, 4) is 0 Å². The molecule has 1 fully saturated rings. The molecule has 0 nitrogen and oxygen atoms in total. The van der Waals surface area contributed by atoms with E-state index in [1.807, 2.05) is 0 Å². The van der Waals surface area contributed by atoms with Gasteiger partial charge in [-0.1, -0.05) is 25.0 Å². The third kappa shape index (κ3) is 0.795. The van der Waals surface area contributed by atoms with Crippen LogP contribution in [0.2, 0.25) is 0 Å². The van der Waals surface area contributed by atoms with Crippen LogP contribution < -0.4 is 0 Å². The number of rotatable bonds is 0. The van der Waals surface area contributed by atoms with Crippen LogP contribution in [-0.4, -0.2) is 0 Å². The first kappa shape index (κ1) is 5.87. The molecule has 1 saturated carbocycles. The Balaban J connectivity index is 2.73. The van der Waals surface area contributed by atoms with Gasteiger partial charge in [-0.15, -0.1) is 0 Å². The summed E-state index contributed by atoms with van der Waals surface area (Å²) in [5.74, 6) is 0. The predicted octanol–water partition coefficient (Wildman–Crippen LogP) is 2.75. The van der Waals surface area contributed by atoms with Crippen molar-refractivity contribution in [2.75, 3.05) is 0 Å². The third-order valence-electron chi connectivity index (χ3n) is 1.91. The van der Waals surface area contributed by atoms with Crippen LogP contribution in [0.5, 0.6) is 0 Å². The maximum atomic E-state index is 2.30. The second kappa shape index (κ2) is 1.37. The van der Waals surface area contributed by atoms with E-state index >= 15 is 0 Å². The fraction of sp³-hybridized carbons (Fsp3) is 0.750. The molecule has 1 rings (SSSR count). The van der Waals surface area contributed by atoms with Crippen LogP contribution in [0.1, 0.15) is 34.1 Å². The Bertz CT molecular complexity index is 134. The summed E-state index contributed by atoms with van der Waals surface area (Å²) in [6.07, 6.45) is 1.33. The Labute approximate surface area is 51.6 Å². The summed E-state index contributed by atoms with van der Waals surface area (Å²) in [5.41, 5.74) is 3.76. The van der Waals surface area contributed by atoms with Gasteiger partial charge in [0.15, 0.2) is 0 Å². The molecular weight excluding hydrogens is 96.1 g/mol. The lowest BCUT2D eigenvalue weighted by molar-refractivity contribution is 0.684. The molecule has 8 heavy (non-hydrogen) atoms. The minimum Gasteiger partial charge on any atom is -0.0766 e. The fourth-order valence-corrected chi connectivity index (χ4v) is 1.25. The smallest absolute Gasteiger partial charge is 0.0104 e. The number of allylic oxidation sites excluding steroid dienone is 2. The largest absolute Gasteiger partial charge is 0.0766 e. The first-order chi connectivity index (χ1) is 3.54. The highest BCUT2D eigenvalue weighted by Gasteiger charge is 2.39. The van der Waals surface area contributed by atoms with E-state index in [2.05, 4.69) is 27.7 Å². The Kier molecular flexibility index (Phi) is 1.00. The molecule has 0 aromatic rings. The lowest BCUT2D eigenvalue weighted by Gasteiger charge is -1.93. The van der Waals surface area contributed by atoms with Gasteiger partial charge in [-0.3, -0.25) is 0 Å². The molecule has 1 aliphatic carbocycles. The highest BCUT2D eigenvalue weighted by Crippen LogP contribution is 2.52. The minimum atomic E-state index is 0.568. The van der Waals surface area contributed by atoms with E-state index in [4.69, 9.17) is 0 Å². The summed E-state index contributed by atoms with van der Waals surface area (Å²) in [7, 11) is 0. The Hall–Kier alpha value is -0.260. The van der Waals surface area contributed by atoms with Crippen LogP contribution in [0.3, 0.4) is 0 Å². The van der Waals surface area contributed by atoms with Crippen molar-refractivity contribution in [2.45, 2.75) is 34.1 Å². The van der Waals surface area contributed by atoms with Gasteiger partial charge in [-0.2, -0.15) is 0 Å². The Morgan fingerprint density at radius 3 is 1.75 bits per heavy atom. The van der Waals surface area contributed by atoms with Gasteiger partial charge in [0.1, 0.15) is 0 Å². The molecule has 0 N–H and O–H groups in total. The van der Waals surface area contributed by atoms with E-state index in [1.54, 1.807) is 5.57 Å². The summed E-state index contributed by atoms with van der Waals surface area (Å²) in [4.78, 5) is 0. The lowest BCUT2D eigenvalue weighted by atomic mass is 10.1. The first-order valence-corrected chi connectivity index (χ1v) is 3.21. The van der Waals surface area contributed by atoms with Gasteiger partial charge < -0.3 is 0 Å². The minimum absolute atomic E-state index is 0.568. The molecule has 0 amide bonds. The Morgan fingerprint density at radius 2 is 1.75 bits per heavy atom. The summed E-state index contributed by atoms with van der Waals surface area (Å²) in [5, 5.41) is 0. The molecule has 0 unspecified atom stereocenters. The standard InChI is InChI=1S/C8H14/c1-6(2)7-5-8(7,3)4/h5H2,1-4H3. The molecule has 0 bridgehead atoms. The third-order valence-corrected chi connectivity index (χ3v) is 1.91. The second-order valence-corrected chi connectivity index (χ2v) is 3.54. The van der Waals surface area contributed by atoms with Crippen molar-refractivity contribution in [1.29, 1.82) is 0 Å². The molecule has 0 heteroatoms. The van der Waals surface area contributed by atoms with Crippen LogP contribution in [0.4, 0.5) is 0 Å². The van der Waals surface area contributed by atoms with Gasteiger partial charge in [-0.05, 0) is 25.7 Å². The van der Waals surface area contributed by atoms with E-state index in [-0.39, 0.29) is 0 Å². The van der Waals surface area contributed by atoms with Crippen LogP contribution in [0.25, 0.3) is 0 Å². The molecule has 0 heterocycles. The molecule has 0 aromatic heterocycles. The zero-order valence-corrected chi connectivity index (χ0v) is 6.21. The normalized spacial score (nSPS) is 23.2. The topological polar surface area (TPSA) is 0 Å². The van der Waals surface area contributed by atoms with Gasteiger partial charge in [0.2, 0.25) is 0 Å². The summed E-state index contributed by atoms with van der Waals surface area (Å²) >= 11 is 0. The van der Waals surface area contributed by atoms with Gasteiger partial charge in [0, 0.05) is 0 Å². The van der Waals surface area contributed by atoms with E-state index in [0.29, 0.717) is 5.41 Å². The molecule has 0 radical (unpaired) electrons. The summed E-state index contributed by atoms with van der Waals surface area (Å²) in [6.45, 7) is 9.00. The quantitative estimate of drug-likeness (QED) is 0.420. The zero-order valence-electron chi connectivity index (χ0n) is 6.21. The van der Waals surface area contributed by atoms with Crippen LogP contribution >= 0.6 is 0 Å². The number of hydrogen-bond donors (Lipinski definition) is 0. The van der Waals surface area contributed by atoms with E-state index in [0.717, 1.165) is 0 Å². The average molecular weight is 110 g/mol. The highest BCUT2D eigenvalue weighted by molar-refractivity contribution is 5.33. The summed E-state index contributed by atoms with van der Waals surface area (Å²) in [6, 6.07) is 0. The summed E-state index contributed by atoms with van der Waals surface area (Å²) < 4.78 is 0. The van der Waals surface area contributed by atoms with Crippen LogP contribution in [0, 0.1) is 5.41 Å². The van der Waals surface area contributed by atoms with Crippen molar-refractivity contribution in [3.63, 3.8) is 0 Å². The van der Waals surface area contributed by atoms with E-state index in [9.17, 15) is 0 Å². The van der Waals surface area contributed by atoms with Crippen molar-refractivity contribution >= 4 is 0 Å². The van der Waals surface area contributed by atoms with Crippen molar-refractivity contribution in [2.24, 2.45) is 5.41 Å². The zero-order chi connectivity index (χ0) is 6.36. The van der Waals surface area contributed by atoms with Gasteiger partial charge in [0.05, 0.1) is 0 Å². The molecule has 0 spiro atoms. The van der Waals surface area contributed by atoms with Crippen LogP contribution in [0.15, 0.2) is 11.1 Å². The SMILES string of the molecule is CC(C)=C1CC1(C)C.